The van der Waals surface area contributed by atoms with Crippen molar-refractivity contribution < 1.29 is 13.6 Å². The molecular weight excluding hydrogens is 345 g/mol. The lowest BCUT2D eigenvalue weighted by molar-refractivity contribution is -0.144. The maximum absolute atomic E-state index is 13.4. The minimum atomic E-state index is -1.69. The molecular formula is C21H32FNO2Si. The molecule has 2 saturated heterocycles. The van der Waals surface area contributed by atoms with Gasteiger partial charge in [-0.2, -0.15) is 0 Å². The minimum Gasteiger partial charge on any atom is -0.414 e. The number of nitrogens with zero attached hydrogens (tertiary/aromatic N) is 1. The first kappa shape index (κ1) is 19.6. The number of hydrogen-bond donors (Lipinski definition) is 0. The quantitative estimate of drug-likeness (QED) is 0.619. The van der Waals surface area contributed by atoms with Crippen molar-refractivity contribution in [3.05, 3.63) is 35.6 Å². The predicted molar refractivity (Wildman–Crippen MR) is 105 cm³/mol. The smallest absolute Gasteiger partial charge is 0.223 e. The molecule has 2 fully saturated rings. The number of carbonyl (C=O) groups is 1. The average molecular weight is 378 g/mol. The summed E-state index contributed by atoms with van der Waals surface area (Å²) in [4.78, 5) is 14.7. The Hall–Kier alpha value is -1.20. The molecule has 2 aliphatic heterocycles. The molecule has 0 spiro atoms. The number of rotatable bonds is 6. The van der Waals surface area contributed by atoms with Crippen LogP contribution >= 0.6 is 0 Å². The highest BCUT2D eigenvalue weighted by Gasteiger charge is 2.42. The van der Waals surface area contributed by atoms with Crippen LogP contribution in [0.25, 0.3) is 0 Å². The summed E-state index contributed by atoms with van der Waals surface area (Å²) in [5, 5.41) is 0. The molecule has 0 unspecified atom stereocenters. The van der Waals surface area contributed by atoms with E-state index in [1.807, 2.05) is 12.1 Å². The first-order valence-electron chi connectivity index (χ1n) is 10.1. The third-order valence-corrected chi connectivity index (χ3v) is 8.37. The van der Waals surface area contributed by atoms with Crippen molar-refractivity contribution in [3.63, 3.8) is 0 Å². The summed E-state index contributed by atoms with van der Waals surface area (Å²) in [7, 11) is -1.69. The zero-order valence-corrected chi connectivity index (χ0v) is 17.3. The van der Waals surface area contributed by atoms with E-state index in [0.717, 1.165) is 31.2 Å². The van der Waals surface area contributed by atoms with E-state index >= 15 is 0 Å². The zero-order valence-electron chi connectivity index (χ0n) is 16.3. The molecule has 26 heavy (non-hydrogen) atoms. The second kappa shape index (κ2) is 8.22. The van der Waals surface area contributed by atoms with Crippen molar-refractivity contribution in [2.24, 2.45) is 0 Å². The molecule has 0 bridgehead atoms. The minimum absolute atomic E-state index is 0.0168. The lowest BCUT2D eigenvalue weighted by Crippen LogP contribution is -2.53. The van der Waals surface area contributed by atoms with E-state index in [-0.39, 0.29) is 29.9 Å². The van der Waals surface area contributed by atoms with Gasteiger partial charge in [0, 0.05) is 18.6 Å². The predicted octanol–water partition coefficient (Wildman–Crippen LogP) is 5.43. The Bertz CT molecular complexity index is 619. The molecule has 1 aromatic rings. The summed E-state index contributed by atoms with van der Waals surface area (Å²) in [6.07, 6.45) is 7.07. The van der Waals surface area contributed by atoms with E-state index < -0.39 is 8.32 Å². The van der Waals surface area contributed by atoms with Gasteiger partial charge in [0.2, 0.25) is 5.91 Å². The van der Waals surface area contributed by atoms with E-state index in [2.05, 4.69) is 24.9 Å². The fourth-order valence-electron chi connectivity index (χ4n) is 4.57. The number of benzene rings is 1. The van der Waals surface area contributed by atoms with Gasteiger partial charge in [-0.15, -0.1) is 0 Å². The second-order valence-electron chi connectivity index (χ2n) is 8.49. The maximum Gasteiger partial charge on any atom is 0.223 e. The van der Waals surface area contributed by atoms with Crippen molar-refractivity contribution in [2.75, 3.05) is 0 Å². The number of halogens is 1. The monoisotopic (exact) mass is 377 g/mol. The summed E-state index contributed by atoms with van der Waals surface area (Å²) in [6.45, 7) is 6.85. The molecule has 0 aliphatic carbocycles. The van der Waals surface area contributed by atoms with Crippen molar-refractivity contribution in [2.45, 2.75) is 89.2 Å². The van der Waals surface area contributed by atoms with Gasteiger partial charge in [0.1, 0.15) is 5.82 Å². The Kier molecular flexibility index (Phi) is 6.18. The van der Waals surface area contributed by atoms with E-state index in [1.165, 1.54) is 31.0 Å². The molecule has 1 aromatic carbocycles. The summed E-state index contributed by atoms with van der Waals surface area (Å²) in [5.74, 6) is 0.0171. The van der Waals surface area contributed by atoms with Gasteiger partial charge in [0.25, 0.3) is 0 Å². The van der Waals surface area contributed by atoms with Crippen molar-refractivity contribution in [1.82, 2.24) is 4.90 Å². The lowest BCUT2D eigenvalue weighted by atomic mass is 9.84. The number of fused-ring (bicyclic) bond motifs is 1. The maximum atomic E-state index is 13.4. The van der Waals surface area contributed by atoms with Crippen molar-refractivity contribution >= 4 is 14.2 Å². The van der Waals surface area contributed by atoms with Gasteiger partial charge in [-0.25, -0.2) is 4.39 Å². The molecule has 0 radical (unpaired) electrons. The molecule has 2 heterocycles. The van der Waals surface area contributed by atoms with Gasteiger partial charge in [0.15, 0.2) is 8.32 Å². The van der Waals surface area contributed by atoms with Gasteiger partial charge >= 0.3 is 0 Å². The number of amides is 1. The van der Waals surface area contributed by atoms with Crippen molar-refractivity contribution in [3.8, 4) is 0 Å². The number of carbonyl (C=O) groups excluding carboxylic acids is 1. The summed E-state index contributed by atoms with van der Waals surface area (Å²) >= 11 is 0. The molecule has 3 rings (SSSR count). The molecule has 0 N–H and O–H groups in total. The molecule has 2 aliphatic rings. The Morgan fingerprint density at radius 3 is 2.65 bits per heavy atom. The van der Waals surface area contributed by atoms with Crippen LogP contribution in [0.2, 0.25) is 19.1 Å². The highest BCUT2D eigenvalue weighted by molar-refractivity contribution is 6.71. The largest absolute Gasteiger partial charge is 0.414 e. The van der Waals surface area contributed by atoms with Crippen LogP contribution in [0.5, 0.6) is 0 Å². The average Bonchev–Trinajstić information content (AvgIpc) is 2.60. The molecule has 3 atom stereocenters. The topological polar surface area (TPSA) is 29.5 Å². The van der Waals surface area contributed by atoms with E-state index in [0.29, 0.717) is 6.42 Å². The van der Waals surface area contributed by atoms with Crippen LogP contribution in [-0.4, -0.2) is 31.3 Å². The molecule has 1 amide bonds. The third-order valence-electron chi connectivity index (χ3n) is 5.84. The Morgan fingerprint density at radius 2 is 1.96 bits per heavy atom. The van der Waals surface area contributed by atoms with E-state index in [1.54, 1.807) is 0 Å². The van der Waals surface area contributed by atoms with Crippen LogP contribution in [0.1, 0.15) is 63.5 Å². The highest BCUT2D eigenvalue weighted by atomic mass is 28.4. The molecule has 3 nitrogen and oxygen atoms in total. The van der Waals surface area contributed by atoms with Gasteiger partial charge in [-0.3, -0.25) is 4.79 Å². The van der Waals surface area contributed by atoms with Gasteiger partial charge in [-0.1, -0.05) is 31.9 Å². The number of hydrogen-bond acceptors (Lipinski definition) is 2. The van der Waals surface area contributed by atoms with Crippen LogP contribution in [0.4, 0.5) is 4.39 Å². The number of unbranched alkanes of at least 4 members (excludes halogenated alkanes) is 1. The van der Waals surface area contributed by atoms with E-state index in [9.17, 15) is 9.18 Å². The summed E-state index contributed by atoms with van der Waals surface area (Å²) in [5.41, 5.74) is 1.04. The summed E-state index contributed by atoms with van der Waals surface area (Å²) in [6, 6.07) is 8.15. The Morgan fingerprint density at radius 1 is 1.23 bits per heavy atom. The first-order chi connectivity index (χ1) is 12.4. The molecule has 0 saturated carbocycles. The Balaban J connectivity index is 1.80. The normalized spacial score (nSPS) is 26.7. The third kappa shape index (κ3) is 4.55. The fourth-order valence-corrected chi connectivity index (χ4v) is 6.99. The second-order valence-corrected chi connectivity index (χ2v) is 12.7. The Labute approximate surface area is 158 Å². The van der Waals surface area contributed by atoms with Crippen LogP contribution in [0.15, 0.2) is 24.3 Å². The molecule has 144 valence electrons. The van der Waals surface area contributed by atoms with Gasteiger partial charge in [0.05, 0.1) is 6.04 Å². The molecule has 0 aromatic heterocycles. The van der Waals surface area contributed by atoms with Gasteiger partial charge < -0.3 is 9.33 Å². The fraction of sp³-hybridized carbons (Fsp3) is 0.667. The highest BCUT2D eigenvalue weighted by Crippen LogP contribution is 2.41. The van der Waals surface area contributed by atoms with E-state index in [4.69, 9.17) is 4.43 Å². The van der Waals surface area contributed by atoms with Crippen molar-refractivity contribution in [1.29, 1.82) is 0 Å². The molecule has 5 heteroatoms. The lowest BCUT2D eigenvalue weighted by Gasteiger charge is -2.49. The standard InChI is InChI=1S/C21H32FNO2Si/c1-4-5-13-26(2,3)25-19-14-18-7-6-8-21(24)23(18)20(15-19)16-9-11-17(22)12-10-16/h9-12,18-20H,4-8,13-15H2,1-3H3/t18-,19-,20+/m1/s1. The summed E-state index contributed by atoms with van der Waals surface area (Å²) < 4.78 is 20.0. The van der Waals surface area contributed by atoms with Gasteiger partial charge in [-0.05, 0) is 62.5 Å². The van der Waals surface area contributed by atoms with Crippen LogP contribution < -0.4 is 0 Å². The zero-order chi connectivity index (χ0) is 18.7. The van der Waals surface area contributed by atoms with Crippen LogP contribution in [0, 0.1) is 5.82 Å². The first-order valence-corrected chi connectivity index (χ1v) is 13.3. The SMILES string of the molecule is CCCC[Si](C)(C)O[C@@H]1C[C@H]2CCCC(=O)N2[C@H](c2ccc(F)cc2)C1. The number of piperidine rings is 2. The van der Waals surface area contributed by atoms with Crippen LogP contribution in [0.3, 0.4) is 0 Å². The van der Waals surface area contributed by atoms with Crippen LogP contribution in [-0.2, 0) is 9.22 Å².